The van der Waals surface area contributed by atoms with Crippen LogP contribution in [0.5, 0.6) is 0 Å². The molecule has 1 saturated heterocycles. The van der Waals surface area contributed by atoms with Gasteiger partial charge in [-0.25, -0.2) is 4.39 Å². The van der Waals surface area contributed by atoms with Gasteiger partial charge in [-0.15, -0.1) is 0 Å². The number of hydrogen-bond acceptors (Lipinski definition) is 3. The summed E-state index contributed by atoms with van der Waals surface area (Å²) in [6, 6.07) is 16.9. The highest BCUT2D eigenvalue weighted by Gasteiger charge is 2.26. The Morgan fingerprint density at radius 1 is 0.941 bits per heavy atom. The van der Waals surface area contributed by atoms with E-state index < -0.39 is 0 Å². The summed E-state index contributed by atoms with van der Waals surface area (Å²) in [5, 5.41) is 0. The Bertz CT molecular complexity index is 825. The highest BCUT2D eigenvalue weighted by Crippen LogP contribution is 2.26. The van der Waals surface area contributed by atoms with E-state index in [1.807, 2.05) is 12.1 Å². The van der Waals surface area contributed by atoms with Gasteiger partial charge in [0.25, 0.3) is 0 Å². The molecule has 0 radical (unpaired) electrons. The molecule has 1 aliphatic rings. The number of piperidine rings is 1. The van der Waals surface area contributed by atoms with E-state index in [1.54, 1.807) is 12.1 Å². The molecule has 188 valence electrons. The van der Waals surface area contributed by atoms with Crippen molar-refractivity contribution in [3.8, 4) is 0 Å². The second kappa shape index (κ2) is 13.3. The molecule has 0 aromatic heterocycles. The second-order valence-corrected chi connectivity index (χ2v) is 10.7. The number of likely N-dealkylation sites (tertiary alicyclic amines) is 1. The summed E-state index contributed by atoms with van der Waals surface area (Å²) in [4.78, 5) is 5.24. The Morgan fingerprint density at radius 2 is 1.50 bits per heavy atom. The van der Waals surface area contributed by atoms with Crippen LogP contribution in [0.1, 0.15) is 64.5 Å². The summed E-state index contributed by atoms with van der Waals surface area (Å²) in [5.41, 5.74) is 10.3. The van der Waals surface area contributed by atoms with Crippen molar-refractivity contribution in [3.05, 3.63) is 65.5 Å². The van der Waals surface area contributed by atoms with Crippen LogP contribution in [-0.4, -0.2) is 43.2 Å². The number of halogens is 1. The van der Waals surface area contributed by atoms with Gasteiger partial charge in [-0.05, 0) is 79.3 Å². The van der Waals surface area contributed by atoms with Gasteiger partial charge in [0, 0.05) is 44.0 Å². The molecular formula is C30H46FN3. The van der Waals surface area contributed by atoms with E-state index in [0.29, 0.717) is 17.9 Å². The zero-order valence-electron chi connectivity index (χ0n) is 21.8. The summed E-state index contributed by atoms with van der Waals surface area (Å²) in [6.45, 7) is 13.6. The highest BCUT2D eigenvalue weighted by molar-refractivity contribution is 5.49. The van der Waals surface area contributed by atoms with Gasteiger partial charge in [0.15, 0.2) is 0 Å². The van der Waals surface area contributed by atoms with Gasteiger partial charge in [-0.2, -0.15) is 0 Å². The monoisotopic (exact) mass is 467 g/mol. The van der Waals surface area contributed by atoms with E-state index in [1.165, 1.54) is 36.1 Å². The molecule has 3 rings (SSSR count). The normalized spacial score (nSPS) is 17.1. The fourth-order valence-electron chi connectivity index (χ4n) is 4.91. The Kier molecular flexibility index (Phi) is 10.4. The van der Waals surface area contributed by atoms with Crippen molar-refractivity contribution in [1.29, 1.82) is 0 Å². The first-order valence-electron chi connectivity index (χ1n) is 13.4. The summed E-state index contributed by atoms with van der Waals surface area (Å²) < 4.78 is 13.1. The third-order valence-electron chi connectivity index (χ3n) is 7.67. The SMILES string of the molecule is CCC(C)C(N)CN1CCC(N(CCC(C)C)c2ccc(CCc3ccc(F)cc3)cc2)CC1. The summed E-state index contributed by atoms with van der Waals surface area (Å²) in [6.07, 6.45) is 6.70. The van der Waals surface area contributed by atoms with Crippen molar-refractivity contribution in [2.75, 3.05) is 31.1 Å². The van der Waals surface area contributed by atoms with Crippen LogP contribution in [0, 0.1) is 17.7 Å². The van der Waals surface area contributed by atoms with Gasteiger partial charge in [0.1, 0.15) is 5.82 Å². The summed E-state index contributed by atoms with van der Waals surface area (Å²) in [7, 11) is 0. The maximum absolute atomic E-state index is 13.1. The van der Waals surface area contributed by atoms with Gasteiger partial charge < -0.3 is 15.5 Å². The molecular weight excluding hydrogens is 421 g/mol. The first kappa shape index (κ1) is 26.7. The average molecular weight is 468 g/mol. The van der Waals surface area contributed by atoms with Crippen LogP contribution in [-0.2, 0) is 12.8 Å². The van der Waals surface area contributed by atoms with Crippen LogP contribution in [0.25, 0.3) is 0 Å². The minimum Gasteiger partial charge on any atom is -0.368 e. The van der Waals surface area contributed by atoms with E-state index in [4.69, 9.17) is 5.73 Å². The average Bonchev–Trinajstić information content (AvgIpc) is 2.84. The summed E-state index contributed by atoms with van der Waals surface area (Å²) >= 11 is 0. The number of nitrogens with zero attached hydrogens (tertiary/aromatic N) is 2. The molecule has 0 amide bonds. The molecule has 0 aliphatic carbocycles. The first-order chi connectivity index (χ1) is 16.4. The number of anilines is 1. The van der Waals surface area contributed by atoms with Crippen molar-refractivity contribution in [3.63, 3.8) is 0 Å². The van der Waals surface area contributed by atoms with Crippen molar-refractivity contribution in [2.45, 2.75) is 78.3 Å². The van der Waals surface area contributed by atoms with E-state index in [0.717, 1.165) is 45.4 Å². The van der Waals surface area contributed by atoms with Crippen LogP contribution >= 0.6 is 0 Å². The lowest BCUT2D eigenvalue weighted by Gasteiger charge is -2.41. The molecule has 0 saturated carbocycles. The number of rotatable bonds is 12. The van der Waals surface area contributed by atoms with Gasteiger partial charge in [-0.3, -0.25) is 0 Å². The van der Waals surface area contributed by atoms with Crippen molar-refractivity contribution < 1.29 is 4.39 Å². The maximum atomic E-state index is 13.1. The molecule has 1 heterocycles. The lowest BCUT2D eigenvalue weighted by atomic mass is 9.96. The van der Waals surface area contributed by atoms with E-state index in [9.17, 15) is 4.39 Å². The molecule has 34 heavy (non-hydrogen) atoms. The fraction of sp³-hybridized carbons (Fsp3) is 0.600. The predicted molar refractivity (Wildman–Crippen MR) is 144 cm³/mol. The van der Waals surface area contributed by atoms with Crippen LogP contribution in [0.15, 0.2) is 48.5 Å². The maximum Gasteiger partial charge on any atom is 0.123 e. The molecule has 1 aliphatic heterocycles. The Morgan fingerprint density at radius 3 is 2.03 bits per heavy atom. The Labute approximate surface area is 207 Å². The molecule has 0 spiro atoms. The molecule has 2 atom stereocenters. The molecule has 2 aromatic rings. The van der Waals surface area contributed by atoms with Crippen LogP contribution in [0.3, 0.4) is 0 Å². The largest absolute Gasteiger partial charge is 0.368 e. The molecule has 2 N–H and O–H groups in total. The van der Waals surface area contributed by atoms with E-state index >= 15 is 0 Å². The smallest absolute Gasteiger partial charge is 0.123 e. The van der Waals surface area contributed by atoms with Gasteiger partial charge in [0.2, 0.25) is 0 Å². The van der Waals surface area contributed by atoms with Crippen molar-refractivity contribution in [1.82, 2.24) is 4.90 Å². The second-order valence-electron chi connectivity index (χ2n) is 10.7. The third-order valence-corrected chi connectivity index (χ3v) is 7.67. The van der Waals surface area contributed by atoms with Crippen LogP contribution < -0.4 is 10.6 Å². The molecule has 0 bridgehead atoms. The van der Waals surface area contributed by atoms with E-state index in [-0.39, 0.29) is 11.9 Å². The Hall–Kier alpha value is -1.91. The third kappa shape index (κ3) is 8.09. The van der Waals surface area contributed by atoms with E-state index in [2.05, 4.69) is 61.8 Å². The van der Waals surface area contributed by atoms with Crippen molar-refractivity contribution >= 4 is 5.69 Å². The highest BCUT2D eigenvalue weighted by atomic mass is 19.1. The molecule has 3 nitrogen and oxygen atoms in total. The summed E-state index contributed by atoms with van der Waals surface area (Å²) in [5.74, 6) is 1.12. The van der Waals surface area contributed by atoms with Crippen LogP contribution in [0.2, 0.25) is 0 Å². The first-order valence-corrected chi connectivity index (χ1v) is 13.4. The minimum atomic E-state index is -0.168. The number of hydrogen-bond donors (Lipinski definition) is 1. The van der Waals surface area contributed by atoms with Gasteiger partial charge in [-0.1, -0.05) is 58.4 Å². The van der Waals surface area contributed by atoms with Gasteiger partial charge >= 0.3 is 0 Å². The number of aryl methyl sites for hydroxylation is 2. The number of nitrogens with two attached hydrogens (primary N) is 1. The number of benzene rings is 2. The molecule has 1 fully saturated rings. The zero-order chi connectivity index (χ0) is 24.5. The lowest BCUT2D eigenvalue weighted by molar-refractivity contribution is 0.183. The molecule has 2 unspecified atom stereocenters. The van der Waals surface area contributed by atoms with Crippen LogP contribution in [0.4, 0.5) is 10.1 Å². The minimum absolute atomic E-state index is 0.168. The quantitative estimate of drug-likeness (QED) is 0.397. The zero-order valence-corrected chi connectivity index (χ0v) is 21.8. The standard InChI is InChI=1S/C30H46FN3/c1-5-24(4)30(32)22-33-19-17-29(18-20-33)34(21-16-23(2)3)28-14-10-26(11-15-28)7-6-25-8-12-27(31)13-9-25/h8-15,23-24,29-30H,5-7,16-22,32H2,1-4H3. The van der Waals surface area contributed by atoms with Gasteiger partial charge in [0.05, 0.1) is 0 Å². The molecule has 2 aromatic carbocycles. The lowest BCUT2D eigenvalue weighted by Crippen LogP contribution is -2.49. The van der Waals surface area contributed by atoms with Crippen molar-refractivity contribution in [2.24, 2.45) is 17.6 Å². The Balaban J connectivity index is 1.59. The molecule has 4 heteroatoms. The topological polar surface area (TPSA) is 32.5 Å². The predicted octanol–water partition coefficient (Wildman–Crippen LogP) is 6.30. The fourth-order valence-corrected chi connectivity index (χ4v) is 4.91.